The molecule has 3 heteroatoms. The zero-order chi connectivity index (χ0) is 12.7. The second-order valence-corrected chi connectivity index (χ2v) is 4.34. The van der Waals surface area contributed by atoms with Crippen molar-refractivity contribution in [3.05, 3.63) is 29.8 Å². The zero-order valence-corrected chi connectivity index (χ0v) is 10.7. The monoisotopic (exact) mass is 234 g/mol. The summed E-state index contributed by atoms with van der Waals surface area (Å²) in [5, 5.41) is 7.22. The maximum absolute atomic E-state index is 7.22. The molecule has 0 aromatic heterocycles. The van der Waals surface area contributed by atoms with Crippen LogP contribution in [0.25, 0.3) is 0 Å². The third kappa shape index (κ3) is 4.89. The summed E-state index contributed by atoms with van der Waals surface area (Å²) in [4.78, 5) is 0. The van der Waals surface area contributed by atoms with Crippen LogP contribution in [-0.4, -0.2) is 12.4 Å². The summed E-state index contributed by atoms with van der Waals surface area (Å²) in [6.45, 7) is 5.15. The molecule has 0 saturated heterocycles. The van der Waals surface area contributed by atoms with E-state index in [1.165, 1.54) is 0 Å². The van der Waals surface area contributed by atoms with Crippen molar-refractivity contribution < 1.29 is 4.74 Å². The van der Waals surface area contributed by atoms with Crippen LogP contribution in [0.2, 0.25) is 0 Å². The molecule has 0 bridgehead atoms. The van der Waals surface area contributed by atoms with E-state index in [0.29, 0.717) is 12.3 Å². The predicted octanol–water partition coefficient (Wildman–Crippen LogP) is 2.98. The Morgan fingerprint density at radius 1 is 1.24 bits per heavy atom. The summed E-state index contributed by atoms with van der Waals surface area (Å²) < 4.78 is 5.72. The fourth-order valence-electron chi connectivity index (χ4n) is 1.66. The SMILES string of the molecule is CCC(CC)COc1ccc(CC(=N)N)cc1. The van der Waals surface area contributed by atoms with Crippen LogP contribution in [0.3, 0.4) is 0 Å². The lowest BCUT2D eigenvalue weighted by atomic mass is 10.1. The average molecular weight is 234 g/mol. The maximum atomic E-state index is 7.22. The van der Waals surface area contributed by atoms with Crippen LogP contribution in [0.1, 0.15) is 32.3 Å². The molecule has 0 aliphatic heterocycles. The first kappa shape index (κ1) is 13.6. The minimum absolute atomic E-state index is 0.190. The summed E-state index contributed by atoms with van der Waals surface area (Å²) in [5.74, 6) is 1.71. The lowest BCUT2D eigenvalue weighted by Gasteiger charge is -2.13. The Labute approximate surface area is 103 Å². The lowest BCUT2D eigenvalue weighted by molar-refractivity contribution is 0.240. The van der Waals surface area contributed by atoms with Crippen LogP contribution in [-0.2, 0) is 6.42 Å². The van der Waals surface area contributed by atoms with Crippen molar-refractivity contribution in [2.24, 2.45) is 11.7 Å². The Bertz CT molecular complexity index is 342. The van der Waals surface area contributed by atoms with Crippen LogP contribution in [0.15, 0.2) is 24.3 Å². The topological polar surface area (TPSA) is 59.1 Å². The molecule has 0 aliphatic rings. The highest BCUT2D eigenvalue weighted by atomic mass is 16.5. The van der Waals surface area contributed by atoms with Gasteiger partial charge in [-0.2, -0.15) is 0 Å². The van der Waals surface area contributed by atoms with E-state index in [0.717, 1.165) is 30.8 Å². The molecule has 1 aromatic carbocycles. The molecule has 1 aromatic rings. The molecular formula is C14H22N2O. The van der Waals surface area contributed by atoms with Crippen molar-refractivity contribution in [1.29, 1.82) is 5.41 Å². The molecule has 17 heavy (non-hydrogen) atoms. The molecule has 3 nitrogen and oxygen atoms in total. The highest BCUT2D eigenvalue weighted by Gasteiger charge is 2.04. The van der Waals surface area contributed by atoms with Gasteiger partial charge in [0.1, 0.15) is 5.75 Å². The Balaban J connectivity index is 2.47. The first-order valence-electron chi connectivity index (χ1n) is 6.20. The number of hydrogen-bond donors (Lipinski definition) is 2. The van der Waals surface area contributed by atoms with E-state index < -0.39 is 0 Å². The molecule has 94 valence electrons. The van der Waals surface area contributed by atoms with Crippen LogP contribution >= 0.6 is 0 Å². The normalized spacial score (nSPS) is 10.5. The molecule has 0 aliphatic carbocycles. The molecule has 0 amide bonds. The lowest BCUT2D eigenvalue weighted by Crippen LogP contribution is -2.12. The van der Waals surface area contributed by atoms with Gasteiger partial charge < -0.3 is 10.5 Å². The molecule has 3 N–H and O–H groups in total. The van der Waals surface area contributed by atoms with Crippen LogP contribution in [0, 0.1) is 11.3 Å². The number of nitrogens with one attached hydrogen (secondary N) is 1. The third-order valence-electron chi connectivity index (χ3n) is 2.96. The molecule has 0 heterocycles. The molecule has 0 saturated carbocycles. The summed E-state index contributed by atoms with van der Waals surface area (Å²) in [5.41, 5.74) is 6.40. The van der Waals surface area contributed by atoms with Gasteiger partial charge in [0.15, 0.2) is 0 Å². The Hall–Kier alpha value is -1.51. The van der Waals surface area contributed by atoms with Crippen molar-refractivity contribution in [2.75, 3.05) is 6.61 Å². The molecule has 0 fully saturated rings. The second kappa shape index (κ2) is 6.94. The van der Waals surface area contributed by atoms with Crippen molar-refractivity contribution in [3.63, 3.8) is 0 Å². The number of amidine groups is 1. The first-order chi connectivity index (χ1) is 8.15. The highest BCUT2D eigenvalue weighted by molar-refractivity contribution is 5.79. The van der Waals surface area contributed by atoms with Crippen molar-refractivity contribution in [1.82, 2.24) is 0 Å². The van der Waals surface area contributed by atoms with Gasteiger partial charge in [-0.1, -0.05) is 38.8 Å². The van der Waals surface area contributed by atoms with Gasteiger partial charge in [-0.25, -0.2) is 0 Å². The van der Waals surface area contributed by atoms with Gasteiger partial charge in [0.2, 0.25) is 0 Å². The van der Waals surface area contributed by atoms with Crippen LogP contribution in [0.4, 0.5) is 0 Å². The largest absolute Gasteiger partial charge is 0.493 e. The zero-order valence-electron chi connectivity index (χ0n) is 10.7. The summed E-state index contributed by atoms with van der Waals surface area (Å²) >= 11 is 0. The van der Waals surface area contributed by atoms with Gasteiger partial charge in [-0.15, -0.1) is 0 Å². The van der Waals surface area contributed by atoms with Gasteiger partial charge in [0.25, 0.3) is 0 Å². The number of ether oxygens (including phenoxy) is 1. The fourth-order valence-corrected chi connectivity index (χ4v) is 1.66. The summed E-state index contributed by atoms with van der Waals surface area (Å²) in [6.07, 6.45) is 2.81. The van der Waals surface area contributed by atoms with E-state index in [9.17, 15) is 0 Å². The van der Waals surface area contributed by atoms with E-state index in [2.05, 4.69) is 13.8 Å². The summed E-state index contributed by atoms with van der Waals surface area (Å²) in [7, 11) is 0. The smallest absolute Gasteiger partial charge is 0.119 e. The molecule has 0 unspecified atom stereocenters. The predicted molar refractivity (Wildman–Crippen MR) is 71.6 cm³/mol. The third-order valence-corrected chi connectivity index (χ3v) is 2.96. The van der Waals surface area contributed by atoms with Crippen molar-refractivity contribution >= 4 is 5.84 Å². The van der Waals surface area contributed by atoms with Gasteiger partial charge in [-0.3, -0.25) is 5.41 Å². The van der Waals surface area contributed by atoms with Crippen molar-refractivity contribution in [2.45, 2.75) is 33.1 Å². The summed E-state index contributed by atoms with van der Waals surface area (Å²) in [6, 6.07) is 7.81. The first-order valence-corrected chi connectivity index (χ1v) is 6.20. The van der Waals surface area contributed by atoms with Gasteiger partial charge in [-0.05, 0) is 23.6 Å². The van der Waals surface area contributed by atoms with Gasteiger partial charge in [0, 0.05) is 6.42 Å². The Morgan fingerprint density at radius 3 is 2.29 bits per heavy atom. The quantitative estimate of drug-likeness (QED) is 0.563. The van der Waals surface area contributed by atoms with E-state index in [4.69, 9.17) is 15.9 Å². The van der Waals surface area contributed by atoms with E-state index in [1.807, 2.05) is 24.3 Å². The number of nitrogens with two attached hydrogens (primary N) is 1. The standard InChI is InChI=1S/C14H22N2O/c1-3-11(4-2)10-17-13-7-5-12(6-8-13)9-14(15)16/h5-8,11H,3-4,9-10H2,1-2H3,(H3,15,16). The van der Waals surface area contributed by atoms with E-state index in [-0.39, 0.29) is 5.84 Å². The van der Waals surface area contributed by atoms with E-state index >= 15 is 0 Å². The van der Waals surface area contributed by atoms with Crippen LogP contribution in [0.5, 0.6) is 5.75 Å². The van der Waals surface area contributed by atoms with E-state index in [1.54, 1.807) is 0 Å². The number of benzene rings is 1. The molecular weight excluding hydrogens is 212 g/mol. The minimum atomic E-state index is 0.190. The minimum Gasteiger partial charge on any atom is -0.493 e. The average Bonchev–Trinajstić information content (AvgIpc) is 2.32. The van der Waals surface area contributed by atoms with Crippen LogP contribution < -0.4 is 10.5 Å². The fraction of sp³-hybridized carbons (Fsp3) is 0.500. The number of rotatable bonds is 7. The molecule has 1 rings (SSSR count). The Morgan fingerprint density at radius 2 is 1.82 bits per heavy atom. The Kier molecular flexibility index (Phi) is 5.53. The molecule has 0 atom stereocenters. The molecule has 0 spiro atoms. The second-order valence-electron chi connectivity index (χ2n) is 4.34. The maximum Gasteiger partial charge on any atom is 0.119 e. The van der Waals surface area contributed by atoms with Gasteiger partial charge >= 0.3 is 0 Å². The molecule has 0 radical (unpaired) electrons. The van der Waals surface area contributed by atoms with Crippen molar-refractivity contribution in [3.8, 4) is 5.75 Å². The van der Waals surface area contributed by atoms with Gasteiger partial charge in [0.05, 0.1) is 12.4 Å². The number of hydrogen-bond acceptors (Lipinski definition) is 2. The highest BCUT2D eigenvalue weighted by Crippen LogP contribution is 2.15.